The predicted molar refractivity (Wildman–Crippen MR) is 87.5 cm³/mol. The van der Waals surface area contributed by atoms with Crippen molar-refractivity contribution in [1.29, 1.82) is 0 Å². The molecule has 21 heavy (non-hydrogen) atoms. The third-order valence-corrected chi connectivity index (χ3v) is 4.43. The Balaban J connectivity index is 0.00000161. The first-order valence-electron chi connectivity index (χ1n) is 7.87. The fourth-order valence-corrected chi connectivity index (χ4v) is 3.02. The van der Waals surface area contributed by atoms with Crippen LogP contribution in [0, 0.1) is 5.92 Å². The average Bonchev–Trinajstić information content (AvgIpc) is 3.19. The summed E-state index contributed by atoms with van der Waals surface area (Å²) in [5.74, 6) is 1.06. The minimum absolute atomic E-state index is 0. The number of hydrogen-bond donors (Lipinski definition) is 1. The SMILES string of the molecule is Cl.O=C(CCC1CCNC1)N(Cc1ccccc1)C1CC1. The van der Waals surface area contributed by atoms with Gasteiger partial charge in [0.15, 0.2) is 0 Å². The van der Waals surface area contributed by atoms with Gasteiger partial charge in [-0.05, 0) is 50.3 Å². The number of benzene rings is 1. The second-order valence-electron chi connectivity index (χ2n) is 6.14. The molecular weight excluding hydrogens is 284 g/mol. The molecule has 4 heteroatoms. The lowest BCUT2D eigenvalue weighted by Gasteiger charge is -2.23. The lowest BCUT2D eigenvalue weighted by molar-refractivity contribution is -0.132. The standard InChI is InChI=1S/C17H24N2O.ClH/c20-17(9-6-14-10-11-18-12-14)19(16-7-8-16)13-15-4-2-1-3-5-15;/h1-5,14,16,18H,6-13H2;1H. The van der Waals surface area contributed by atoms with E-state index in [0.29, 0.717) is 17.9 Å². The minimum Gasteiger partial charge on any atom is -0.335 e. The summed E-state index contributed by atoms with van der Waals surface area (Å²) in [6, 6.07) is 10.9. The highest BCUT2D eigenvalue weighted by molar-refractivity contribution is 5.85. The molecular formula is C17H25ClN2O. The van der Waals surface area contributed by atoms with E-state index in [9.17, 15) is 4.79 Å². The van der Waals surface area contributed by atoms with E-state index in [-0.39, 0.29) is 12.4 Å². The van der Waals surface area contributed by atoms with E-state index in [1.807, 2.05) is 6.07 Å². The number of hydrogen-bond acceptors (Lipinski definition) is 2. The number of nitrogens with zero attached hydrogens (tertiary/aromatic N) is 1. The van der Waals surface area contributed by atoms with Gasteiger partial charge in [0.2, 0.25) is 5.91 Å². The van der Waals surface area contributed by atoms with Gasteiger partial charge in [-0.2, -0.15) is 0 Å². The third kappa shape index (κ3) is 4.72. The zero-order valence-corrected chi connectivity index (χ0v) is 13.3. The third-order valence-electron chi connectivity index (χ3n) is 4.43. The van der Waals surface area contributed by atoms with Crippen LogP contribution in [0.15, 0.2) is 30.3 Å². The fraction of sp³-hybridized carbons (Fsp3) is 0.588. The van der Waals surface area contributed by atoms with Gasteiger partial charge >= 0.3 is 0 Å². The lowest BCUT2D eigenvalue weighted by Crippen LogP contribution is -2.32. The second-order valence-corrected chi connectivity index (χ2v) is 6.14. The Labute approximate surface area is 133 Å². The Bertz CT molecular complexity index is 441. The van der Waals surface area contributed by atoms with Gasteiger partial charge < -0.3 is 10.2 Å². The maximum atomic E-state index is 12.5. The number of halogens is 1. The molecule has 3 nitrogen and oxygen atoms in total. The number of rotatable bonds is 6. The Kier molecular flexibility index (Phi) is 6.07. The van der Waals surface area contributed by atoms with E-state index in [2.05, 4.69) is 34.5 Å². The molecule has 1 saturated carbocycles. The van der Waals surface area contributed by atoms with Crippen LogP contribution in [0.5, 0.6) is 0 Å². The van der Waals surface area contributed by atoms with Gasteiger partial charge in [0.05, 0.1) is 0 Å². The summed E-state index contributed by atoms with van der Waals surface area (Å²) in [5, 5.41) is 3.38. The van der Waals surface area contributed by atoms with E-state index >= 15 is 0 Å². The van der Waals surface area contributed by atoms with Crippen LogP contribution in [-0.4, -0.2) is 29.9 Å². The number of carbonyl (C=O) groups excluding carboxylic acids is 1. The van der Waals surface area contributed by atoms with Gasteiger partial charge in [0.25, 0.3) is 0 Å². The molecule has 1 unspecified atom stereocenters. The van der Waals surface area contributed by atoms with Gasteiger partial charge in [-0.25, -0.2) is 0 Å². The molecule has 1 N–H and O–H groups in total. The zero-order valence-electron chi connectivity index (χ0n) is 12.5. The summed E-state index contributed by atoms with van der Waals surface area (Å²) in [6.07, 6.45) is 5.36. The predicted octanol–water partition coefficient (Wildman–Crippen LogP) is 2.99. The maximum absolute atomic E-state index is 12.5. The van der Waals surface area contributed by atoms with E-state index < -0.39 is 0 Å². The van der Waals surface area contributed by atoms with Crippen LogP contribution >= 0.6 is 12.4 Å². The van der Waals surface area contributed by atoms with Crippen LogP contribution in [0.4, 0.5) is 0 Å². The normalized spacial score (nSPS) is 20.9. The van der Waals surface area contributed by atoms with Crippen molar-refractivity contribution in [3.05, 3.63) is 35.9 Å². The maximum Gasteiger partial charge on any atom is 0.223 e. The van der Waals surface area contributed by atoms with Crippen LogP contribution < -0.4 is 5.32 Å². The van der Waals surface area contributed by atoms with Crippen molar-refractivity contribution in [2.24, 2.45) is 5.92 Å². The molecule has 1 aromatic carbocycles. The number of carbonyl (C=O) groups is 1. The van der Waals surface area contributed by atoms with E-state index in [1.54, 1.807) is 0 Å². The fourth-order valence-electron chi connectivity index (χ4n) is 3.02. The van der Waals surface area contributed by atoms with Gasteiger partial charge in [-0.15, -0.1) is 12.4 Å². The molecule has 0 bridgehead atoms. The Hall–Kier alpha value is -1.06. The van der Waals surface area contributed by atoms with Crippen molar-refractivity contribution in [1.82, 2.24) is 10.2 Å². The van der Waals surface area contributed by atoms with Crippen LogP contribution in [0.3, 0.4) is 0 Å². The quantitative estimate of drug-likeness (QED) is 0.876. The first-order chi connectivity index (χ1) is 9.83. The monoisotopic (exact) mass is 308 g/mol. The summed E-state index contributed by atoms with van der Waals surface area (Å²) >= 11 is 0. The molecule has 1 heterocycles. The highest BCUT2D eigenvalue weighted by atomic mass is 35.5. The molecule has 1 amide bonds. The van der Waals surface area contributed by atoms with Crippen LogP contribution in [0.25, 0.3) is 0 Å². The molecule has 0 spiro atoms. The molecule has 1 saturated heterocycles. The number of nitrogens with one attached hydrogen (secondary N) is 1. The topological polar surface area (TPSA) is 32.3 Å². The van der Waals surface area contributed by atoms with Crippen molar-refractivity contribution in [3.8, 4) is 0 Å². The second kappa shape index (κ2) is 7.81. The van der Waals surface area contributed by atoms with Gasteiger partial charge in [0, 0.05) is 19.0 Å². The first-order valence-corrected chi connectivity index (χ1v) is 7.87. The summed E-state index contributed by atoms with van der Waals surface area (Å²) < 4.78 is 0. The van der Waals surface area contributed by atoms with Crippen LogP contribution in [0.2, 0.25) is 0 Å². The molecule has 2 fully saturated rings. The number of amides is 1. The first kappa shape index (κ1) is 16.3. The molecule has 1 aliphatic heterocycles. The smallest absolute Gasteiger partial charge is 0.223 e. The highest BCUT2D eigenvalue weighted by Gasteiger charge is 2.32. The summed E-state index contributed by atoms with van der Waals surface area (Å²) in [5.41, 5.74) is 1.25. The molecule has 116 valence electrons. The van der Waals surface area contributed by atoms with Crippen molar-refractivity contribution in [2.75, 3.05) is 13.1 Å². The minimum atomic E-state index is 0. The zero-order chi connectivity index (χ0) is 13.8. The van der Waals surface area contributed by atoms with E-state index in [0.717, 1.165) is 32.5 Å². The van der Waals surface area contributed by atoms with Gasteiger partial charge in [-0.1, -0.05) is 30.3 Å². The molecule has 0 aromatic heterocycles. The van der Waals surface area contributed by atoms with Crippen molar-refractivity contribution in [2.45, 2.75) is 44.7 Å². The van der Waals surface area contributed by atoms with Crippen molar-refractivity contribution >= 4 is 18.3 Å². The molecule has 1 atom stereocenters. The highest BCUT2D eigenvalue weighted by Crippen LogP contribution is 2.29. The van der Waals surface area contributed by atoms with Gasteiger partial charge in [-0.3, -0.25) is 4.79 Å². The Morgan fingerprint density at radius 1 is 1.19 bits per heavy atom. The summed E-state index contributed by atoms with van der Waals surface area (Å²) in [7, 11) is 0. The van der Waals surface area contributed by atoms with Crippen LogP contribution in [0.1, 0.15) is 37.7 Å². The summed E-state index contributed by atoms with van der Waals surface area (Å²) in [6.45, 7) is 3.00. The average molecular weight is 309 g/mol. The van der Waals surface area contributed by atoms with Crippen LogP contribution in [-0.2, 0) is 11.3 Å². The van der Waals surface area contributed by atoms with E-state index in [1.165, 1.54) is 24.8 Å². The molecule has 0 radical (unpaired) electrons. The van der Waals surface area contributed by atoms with Gasteiger partial charge in [0.1, 0.15) is 0 Å². The summed E-state index contributed by atoms with van der Waals surface area (Å²) in [4.78, 5) is 14.6. The lowest BCUT2D eigenvalue weighted by atomic mass is 10.0. The molecule has 1 aliphatic carbocycles. The molecule has 1 aromatic rings. The molecule has 3 rings (SSSR count). The Morgan fingerprint density at radius 2 is 1.95 bits per heavy atom. The van der Waals surface area contributed by atoms with Crippen molar-refractivity contribution in [3.63, 3.8) is 0 Å². The molecule has 2 aliphatic rings. The largest absolute Gasteiger partial charge is 0.335 e. The van der Waals surface area contributed by atoms with E-state index in [4.69, 9.17) is 0 Å². The van der Waals surface area contributed by atoms with Crippen molar-refractivity contribution < 1.29 is 4.79 Å². The Morgan fingerprint density at radius 3 is 2.57 bits per heavy atom.